The summed E-state index contributed by atoms with van der Waals surface area (Å²) in [6, 6.07) is 16.5. The number of nitrogens with zero attached hydrogens (tertiary/aromatic N) is 2. The Bertz CT molecular complexity index is 905. The molecule has 0 unspecified atom stereocenters. The molecule has 0 radical (unpaired) electrons. The van der Waals surface area contributed by atoms with E-state index in [1.165, 1.54) is 5.56 Å². The van der Waals surface area contributed by atoms with E-state index in [4.69, 9.17) is 22.2 Å². The van der Waals surface area contributed by atoms with Gasteiger partial charge in [0, 0.05) is 25.6 Å². The molecule has 6 heteroatoms. The zero-order valence-electron chi connectivity index (χ0n) is 16.4. The number of aryl methyl sites for hydroxylation is 1. The van der Waals surface area contributed by atoms with E-state index < -0.39 is 0 Å². The highest BCUT2D eigenvalue weighted by molar-refractivity contribution is 6.30. The lowest BCUT2D eigenvalue weighted by atomic mass is 10.0. The number of hydrogen-bond acceptors (Lipinski definition) is 4. The number of halogens is 1. The minimum atomic E-state index is 0.450. The van der Waals surface area contributed by atoms with Crippen molar-refractivity contribution in [2.24, 2.45) is 5.84 Å². The van der Waals surface area contributed by atoms with Crippen LogP contribution in [-0.4, -0.2) is 16.7 Å². The molecule has 3 aromatic rings. The second kappa shape index (κ2) is 9.73. The standard InChI is InChI=1S/C22H27ClN4O/c1-3-4-9-21-25-22(23)20(15-28-2)27(21)14-16-10-12-17(13-11-16)18-7-5-6-8-19(18)26-24/h5-8,10-13,26H,3-4,9,14-15,24H2,1-2H3. The number of anilines is 1. The minimum Gasteiger partial charge on any atom is -0.378 e. The molecule has 5 nitrogen and oxygen atoms in total. The fourth-order valence-corrected chi connectivity index (χ4v) is 3.58. The molecule has 0 saturated carbocycles. The largest absolute Gasteiger partial charge is 0.378 e. The number of unbranched alkanes of at least 4 members (excludes halogenated alkanes) is 1. The maximum Gasteiger partial charge on any atom is 0.153 e. The van der Waals surface area contributed by atoms with Gasteiger partial charge in [0.1, 0.15) is 5.82 Å². The number of ether oxygens (including phenoxy) is 1. The zero-order chi connectivity index (χ0) is 19.9. The van der Waals surface area contributed by atoms with Crippen LogP contribution in [0.25, 0.3) is 11.1 Å². The van der Waals surface area contributed by atoms with E-state index in [-0.39, 0.29) is 0 Å². The van der Waals surface area contributed by atoms with Gasteiger partial charge >= 0.3 is 0 Å². The minimum absolute atomic E-state index is 0.450. The number of methoxy groups -OCH3 is 1. The molecule has 1 heterocycles. The molecule has 0 bridgehead atoms. The van der Waals surface area contributed by atoms with Gasteiger partial charge in [-0.25, -0.2) is 4.98 Å². The summed E-state index contributed by atoms with van der Waals surface area (Å²) in [5.41, 5.74) is 7.97. The number of nitrogens with two attached hydrogens (primary N) is 1. The maximum atomic E-state index is 6.38. The van der Waals surface area contributed by atoms with Crippen molar-refractivity contribution >= 4 is 17.3 Å². The second-order valence-electron chi connectivity index (χ2n) is 6.78. The van der Waals surface area contributed by atoms with Crippen molar-refractivity contribution in [3.8, 4) is 11.1 Å². The molecule has 2 aromatic carbocycles. The number of hydrazine groups is 1. The van der Waals surface area contributed by atoms with Gasteiger partial charge in [0.25, 0.3) is 0 Å². The molecule has 0 aliphatic carbocycles. The topological polar surface area (TPSA) is 65.1 Å². The highest BCUT2D eigenvalue weighted by Crippen LogP contribution is 2.28. The van der Waals surface area contributed by atoms with Crippen molar-refractivity contribution in [1.82, 2.24) is 9.55 Å². The quantitative estimate of drug-likeness (QED) is 0.392. The van der Waals surface area contributed by atoms with Crippen molar-refractivity contribution < 1.29 is 4.74 Å². The second-order valence-corrected chi connectivity index (χ2v) is 7.13. The van der Waals surface area contributed by atoms with Crippen LogP contribution in [0.1, 0.15) is 36.8 Å². The number of nitrogens with one attached hydrogen (secondary N) is 1. The highest BCUT2D eigenvalue weighted by Gasteiger charge is 2.16. The summed E-state index contributed by atoms with van der Waals surface area (Å²) >= 11 is 6.38. The van der Waals surface area contributed by atoms with Gasteiger partial charge in [0.05, 0.1) is 18.0 Å². The number of aromatic nitrogens is 2. The van der Waals surface area contributed by atoms with Gasteiger partial charge in [0.15, 0.2) is 5.15 Å². The first-order chi connectivity index (χ1) is 13.7. The first-order valence-corrected chi connectivity index (χ1v) is 9.93. The predicted molar refractivity (Wildman–Crippen MR) is 115 cm³/mol. The SMILES string of the molecule is CCCCc1nc(Cl)c(COC)n1Cc1ccc(-c2ccccc2NN)cc1. The van der Waals surface area contributed by atoms with Crippen LogP contribution in [0.4, 0.5) is 5.69 Å². The predicted octanol–water partition coefficient (Wildman–Crippen LogP) is 5.03. The van der Waals surface area contributed by atoms with Crippen molar-refractivity contribution in [3.63, 3.8) is 0 Å². The lowest BCUT2D eigenvalue weighted by Crippen LogP contribution is -2.10. The third-order valence-corrected chi connectivity index (χ3v) is 5.13. The van der Waals surface area contributed by atoms with Gasteiger partial charge < -0.3 is 14.7 Å². The number of para-hydroxylation sites is 1. The van der Waals surface area contributed by atoms with Crippen LogP contribution in [0, 0.1) is 0 Å². The van der Waals surface area contributed by atoms with E-state index in [9.17, 15) is 0 Å². The summed E-state index contributed by atoms with van der Waals surface area (Å²) in [4.78, 5) is 4.58. The summed E-state index contributed by atoms with van der Waals surface area (Å²) < 4.78 is 7.53. The van der Waals surface area contributed by atoms with Gasteiger partial charge in [0.2, 0.25) is 0 Å². The first kappa shape index (κ1) is 20.4. The van der Waals surface area contributed by atoms with E-state index in [2.05, 4.69) is 52.2 Å². The van der Waals surface area contributed by atoms with Crippen molar-refractivity contribution in [2.75, 3.05) is 12.5 Å². The van der Waals surface area contributed by atoms with E-state index >= 15 is 0 Å². The molecule has 3 rings (SSSR count). The van der Waals surface area contributed by atoms with E-state index in [0.717, 1.165) is 47.6 Å². The zero-order valence-corrected chi connectivity index (χ0v) is 17.2. The van der Waals surface area contributed by atoms with E-state index in [0.29, 0.717) is 18.3 Å². The lowest BCUT2D eigenvalue weighted by Gasteiger charge is -2.13. The molecular formula is C22H27ClN4O. The van der Waals surface area contributed by atoms with Gasteiger partial charge in [-0.15, -0.1) is 0 Å². The van der Waals surface area contributed by atoms with Crippen LogP contribution in [-0.2, 0) is 24.3 Å². The Labute approximate surface area is 171 Å². The molecule has 148 valence electrons. The average molecular weight is 399 g/mol. The highest BCUT2D eigenvalue weighted by atomic mass is 35.5. The fourth-order valence-electron chi connectivity index (χ4n) is 3.32. The maximum absolute atomic E-state index is 6.38. The van der Waals surface area contributed by atoms with E-state index in [1.54, 1.807) is 7.11 Å². The summed E-state index contributed by atoms with van der Waals surface area (Å²) in [6.07, 6.45) is 3.11. The number of imidazole rings is 1. The number of rotatable bonds is 9. The van der Waals surface area contributed by atoms with Gasteiger partial charge in [-0.05, 0) is 23.6 Å². The molecule has 0 saturated heterocycles. The Kier molecular flexibility index (Phi) is 7.09. The number of hydrogen-bond donors (Lipinski definition) is 2. The van der Waals surface area contributed by atoms with Gasteiger partial charge in [-0.2, -0.15) is 0 Å². The molecule has 0 amide bonds. The molecule has 0 aliphatic rings. The smallest absolute Gasteiger partial charge is 0.153 e. The summed E-state index contributed by atoms with van der Waals surface area (Å²) in [5, 5.41) is 0.535. The Morgan fingerprint density at radius 2 is 1.89 bits per heavy atom. The third-order valence-electron chi connectivity index (χ3n) is 4.83. The monoisotopic (exact) mass is 398 g/mol. The summed E-state index contributed by atoms with van der Waals surface area (Å²) in [5.74, 6) is 6.65. The van der Waals surface area contributed by atoms with Crippen LogP contribution < -0.4 is 11.3 Å². The molecule has 0 aliphatic heterocycles. The molecule has 28 heavy (non-hydrogen) atoms. The summed E-state index contributed by atoms with van der Waals surface area (Å²) in [7, 11) is 1.68. The Hall–Kier alpha value is -2.34. The molecular weight excluding hydrogens is 372 g/mol. The molecule has 0 fully saturated rings. The van der Waals surface area contributed by atoms with Gasteiger partial charge in [-0.3, -0.25) is 5.84 Å². The lowest BCUT2D eigenvalue weighted by molar-refractivity contribution is 0.178. The Morgan fingerprint density at radius 3 is 2.57 bits per heavy atom. The molecule has 0 atom stereocenters. The molecule has 0 spiro atoms. The van der Waals surface area contributed by atoms with Crippen LogP contribution >= 0.6 is 11.6 Å². The van der Waals surface area contributed by atoms with Gasteiger partial charge in [-0.1, -0.05) is 67.4 Å². The molecule has 3 N–H and O–H groups in total. The first-order valence-electron chi connectivity index (χ1n) is 9.55. The van der Waals surface area contributed by atoms with Crippen molar-refractivity contribution in [2.45, 2.75) is 39.3 Å². The number of nitrogen functional groups attached to an aromatic ring is 1. The number of benzene rings is 2. The third kappa shape index (κ3) is 4.55. The van der Waals surface area contributed by atoms with E-state index in [1.807, 2.05) is 18.2 Å². The Balaban J connectivity index is 1.87. The average Bonchev–Trinajstić information content (AvgIpc) is 3.02. The Morgan fingerprint density at radius 1 is 1.14 bits per heavy atom. The van der Waals surface area contributed by atoms with Crippen molar-refractivity contribution in [3.05, 3.63) is 70.8 Å². The van der Waals surface area contributed by atoms with Crippen molar-refractivity contribution in [1.29, 1.82) is 0 Å². The van der Waals surface area contributed by atoms with Crippen LogP contribution in [0.15, 0.2) is 48.5 Å². The normalized spacial score (nSPS) is 11.0. The van der Waals surface area contributed by atoms with Crippen LogP contribution in [0.2, 0.25) is 5.15 Å². The molecule has 1 aromatic heterocycles. The van der Waals surface area contributed by atoms with Crippen LogP contribution in [0.5, 0.6) is 0 Å². The summed E-state index contributed by atoms with van der Waals surface area (Å²) in [6.45, 7) is 3.35. The fraction of sp³-hybridized carbons (Fsp3) is 0.318. The van der Waals surface area contributed by atoms with Crippen LogP contribution in [0.3, 0.4) is 0 Å².